The Morgan fingerprint density at radius 3 is 1.32 bits per heavy atom. The molecule has 0 bridgehead atoms. The predicted molar refractivity (Wildman–Crippen MR) is 75.4 cm³/mol. The fourth-order valence-corrected chi connectivity index (χ4v) is 1.18. The summed E-state index contributed by atoms with van der Waals surface area (Å²) >= 11 is 0. The van der Waals surface area contributed by atoms with Gasteiger partial charge in [-0.2, -0.15) is 0 Å². The number of hydrogen-bond acceptors (Lipinski definition) is 9. The van der Waals surface area contributed by atoms with Gasteiger partial charge in [-0.25, -0.2) is 0 Å². The molecular weight excluding hydrogens is 300 g/mol. The van der Waals surface area contributed by atoms with Gasteiger partial charge in [0.05, 0.1) is 66.1 Å². The molecule has 0 aromatic heterocycles. The van der Waals surface area contributed by atoms with Crippen LogP contribution in [-0.2, 0) is 23.7 Å². The van der Waals surface area contributed by atoms with Gasteiger partial charge in [-0.05, 0) is 0 Å². The van der Waals surface area contributed by atoms with Gasteiger partial charge in [0.15, 0.2) is 0 Å². The lowest BCUT2D eigenvalue weighted by molar-refractivity contribution is -0.0895. The summed E-state index contributed by atoms with van der Waals surface area (Å²) in [6, 6.07) is 0. The second-order valence-electron chi connectivity index (χ2n) is 4.37. The van der Waals surface area contributed by atoms with Crippen molar-refractivity contribution in [2.75, 3.05) is 72.9 Å². The summed E-state index contributed by atoms with van der Waals surface area (Å²) in [5.74, 6) is 0. The average molecular weight is 328 g/mol. The summed E-state index contributed by atoms with van der Waals surface area (Å²) < 4.78 is 25.5. The van der Waals surface area contributed by atoms with E-state index in [-0.39, 0.29) is 33.2 Å². The number of hydrogen-bond donors (Lipinski definition) is 4. The van der Waals surface area contributed by atoms with Crippen LogP contribution >= 0.6 is 0 Å². The Kier molecular flexibility index (Phi) is 16.7. The molecule has 9 nitrogen and oxygen atoms in total. The monoisotopic (exact) mass is 328 g/mol. The van der Waals surface area contributed by atoms with Crippen LogP contribution < -0.4 is 0 Å². The van der Waals surface area contributed by atoms with Gasteiger partial charge < -0.3 is 44.1 Å². The predicted octanol–water partition coefficient (Wildman–Crippen LogP) is -2.27. The normalized spacial score (nSPS) is 14.2. The highest BCUT2D eigenvalue weighted by Gasteiger charge is 2.01. The topological polar surface area (TPSA) is 127 Å². The lowest BCUT2D eigenvalue weighted by atomic mass is 10.4. The standard InChI is InChI=1S/C13H28O9/c14-7-12(16)9-19-3-1-18-2-5-21-11-22-6-4-20-10-13(17)8-15/h12-17H,1-11H2. The minimum Gasteiger partial charge on any atom is -0.394 e. The number of aliphatic hydroxyl groups excluding tert-OH is 4. The molecule has 9 heteroatoms. The quantitative estimate of drug-likeness (QED) is 0.173. The van der Waals surface area contributed by atoms with Gasteiger partial charge in [0.1, 0.15) is 19.0 Å². The molecule has 0 aromatic carbocycles. The minimum atomic E-state index is -0.857. The summed E-state index contributed by atoms with van der Waals surface area (Å²) in [6.45, 7) is 1.78. The second-order valence-corrected chi connectivity index (χ2v) is 4.37. The lowest BCUT2D eigenvalue weighted by Crippen LogP contribution is -2.21. The highest BCUT2D eigenvalue weighted by molar-refractivity contribution is 4.48. The highest BCUT2D eigenvalue weighted by atomic mass is 16.7. The second kappa shape index (κ2) is 17.0. The SMILES string of the molecule is OCC(O)COCCOCCOCOCCOCC(O)CO. The molecule has 134 valence electrons. The van der Waals surface area contributed by atoms with Crippen LogP contribution in [0, 0.1) is 0 Å². The first kappa shape index (κ1) is 21.6. The summed E-state index contributed by atoms with van der Waals surface area (Å²) in [5, 5.41) is 35.1. The van der Waals surface area contributed by atoms with Crippen molar-refractivity contribution in [3.8, 4) is 0 Å². The molecule has 0 saturated carbocycles. The van der Waals surface area contributed by atoms with Crippen molar-refractivity contribution in [1.82, 2.24) is 0 Å². The summed E-state index contributed by atoms with van der Waals surface area (Å²) in [6.07, 6.45) is -1.71. The van der Waals surface area contributed by atoms with Crippen LogP contribution in [0.2, 0.25) is 0 Å². The van der Waals surface area contributed by atoms with Crippen molar-refractivity contribution >= 4 is 0 Å². The van der Waals surface area contributed by atoms with Crippen LogP contribution in [0.15, 0.2) is 0 Å². The first-order chi connectivity index (χ1) is 10.7. The van der Waals surface area contributed by atoms with Gasteiger partial charge in [-0.1, -0.05) is 0 Å². The molecule has 2 unspecified atom stereocenters. The molecule has 0 spiro atoms. The Balaban J connectivity index is 3.03. The van der Waals surface area contributed by atoms with E-state index >= 15 is 0 Å². The number of rotatable bonds is 17. The molecule has 2 atom stereocenters. The Morgan fingerprint density at radius 1 is 0.545 bits per heavy atom. The Bertz CT molecular complexity index is 196. The first-order valence-electron chi connectivity index (χ1n) is 7.17. The molecule has 4 N–H and O–H groups in total. The largest absolute Gasteiger partial charge is 0.394 e. The molecule has 0 aromatic rings. The van der Waals surface area contributed by atoms with Gasteiger partial charge in [0, 0.05) is 0 Å². The van der Waals surface area contributed by atoms with E-state index in [0.29, 0.717) is 39.6 Å². The fraction of sp³-hybridized carbons (Fsp3) is 1.00. The van der Waals surface area contributed by atoms with Crippen LogP contribution in [0.3, 0.4) is 0 Å². The molecule has 0 saturated heterocycles. The molecule has 22 heavy (non-hydrogen) atoms. The third-order valence-corrected chi connectivity index (χ3v) is 2.32. The van der Waals surface area contributed by atoms with Crippen LogP contribution in [0.4, 0.5) is 0 Å². The summed E-state index contributed by atoms with van der Waals surface area (Å²) in [7, 11) is 0. The van der Waals surface area contributed by atoms with E-state index in [1.54, 1.807) is 0 Å². The maximum Gasteiger partial charge on any atom is 0.146 e. The smallest absolute Gasteiger partial charge is 0.146 e. The molecular formula is C13H28O9. The average Bonchev–Trinajstić information content (AvgIpc) is 2.54. The lowest BCUT2D eigenvalue weighted by Gasteiger charge is -2.10. The number of ether oxygens (including phenoxy) is 5. The molecule has 0 aliphatic rings. The van der Waals surface area contributed by atoms with E-state index < -0.39 is 12.2 Å². The van der Waals surface area contributed by atoms with Crippen molar-refractivity contribution in [2.45, 2.75) is 12.2 Å². The third-order valence-electron chi connectivity index (χ3n) is 2.32. The molecule has 0 heterocycles. The van der Waals surface area contributed by atoms with E-state index in [1.807, 2.05) is 0 Å². The zero-order valence-electron chi connectivity index (χ0n) is 12.8. The zero-order valence-corrected chi connectivity index (χ0v) is 12.8. The van der Waals surface area contributed by atoms with E-state index in [1.165, 1.54) is 0 Å². The van der Waals surface area contributed by atoms with Crippen molar-refractivity contribution in [2.24, 2.45) is 0 Å². The van der Waals surface area contributed by atoms with Crippen LogP contribution in [0.1, 0.15) is 0 Å². The van der Waals surface area contributed by atoms with Gasteiger partial charge in [0.25, 0.3) is 0 Å². The molecule has 0 aliphatic heterocycles. The van der Waals surface area contributed by atoms with Crippen LogP contribution in [0.25, 0.3) is 0 Å². The molecule has 0 fully saturated rings. The van der Waals surface area contributed by atoms with Crippen LogP contribution in [0.5, 0.6) is 0 Å². The van der Waals surface area contributed by atoms with Crippen molar-refractivity contribution in [3.05, 3.63) is 0 Å². The Hall–Kier alpha value is -0.360. The Morgan fingerprint density at radius 2 is 0.909 bits per heavy atom. The van der Waals surface area contributed by atoms with Crippen LogP contribution in [-0.4, -0.2) is 105 Å². The van der Waals surface area contributed by atoms with E-state index in [9.17, 15) is 0 Å². The minimum absolute atomic E-state index is 0.0754. The van der Waals surface area contributed by atoms with Gasteiger partial charge in [-0.15, -0.1) is 0 Å². The van der Waals surface area contributed by atoms with Gasteiger partial charge in [-0.3, -0.25) is 0 Å². The fourth-order valence-electron chi connectivity index (χ4n) is 1.18. The molecule has 0 rings (SSSR count). The molecule has 0 radical (unpaired) electrons. The van der Waals surface area contributed by atoms with Crippen molar-refractivity contribution in [3.63, 3.8) is 0 Å². The van der Waals surface area contributed by atoms with E-state index in [4.69, 9.17) is 44.1 Å². The first-order valence-corrected chi connectivity index (χ1v) is 7.17. The number of aliphatic hydroxyl groups is 4. The van der Waals surface area contributed by atoms with Crippen molar-refractivity contribution < 1.29 is 44.1 Å². The van der Waals surface area contributed by atoms with Crippen molar-refractivity contribution in [1.29, 1.82) is 0 Å². The van der Waals surface area contributed by atoms with E-state index in [0.717, 1.165) is 0 Å². The Labute approximate surface area is 130 Å². The summed E-state index contributed by atoms with van der Waals surface area (Å²) in [4.78, 5) is 0. The van der Waals surface area contributed by atoms with E-state index in [2.05, 4.69) is 0 Å². The molecule has 0 amide bonds. The highest BCUT2D eigenvalue weighted by Crippen LogP contribution is 1.87. The zero-order chi connectivity index (χ0) is 16.5. The van der Waals surface area contributed by atoms with Gasteiger partial charge >= 0.3 is 0 Å². The maximum atomic E-state index is 8.99. The molecule has 0 aliphatic carbocycles. The summed E-state index contributed by atoms with van der Waals surface area (Å²) in [5.41, 5.74) is 0. The maximum absolute atomic E-state index is 8.99. The third kappa shape index (κ3) is 16.0. The van der Waals surface area contributed by atoms with Gasteiger partial charge in [0.2, 0.25) is 0 Å².